The number of amides is 1. The summed E-state index contributed by atoms with van der Waals surface area (Å²) < 4.78 is 7.66. The van der Waals surface area contributed by atoms with Crippen LogP contribution in [0.1, 0.15) is 6.92 Å². The molecule has 0 aliphatic heterocycles. The SMILES string of the molecule is CCn1c2ccccc2c2cc(NC(=O)CSc3n[nH]c(-c4cc(Cl)ccc4OC)n3)ccc21. The van der Waals surface area contributed by atoms with Crippen molar-refractivity contribution in [3.8, 4) is 17.1 Å². The molecule has 0 aliphatic rings. The Morgan fingerprint density at radius 3 is 2.76 bits per heavy atom. The zero-order valence-corrected chi connectivity index (χ0v) is 20.2. The molecule has 0 atom stereocenters. The fraction of sp³-hybridized carbons (Fsp3) is 0.160. The van der Waals surface area contributed by atoms with Crippen LogP contribution < -0.4 is 10.1 Å². The number of halogens is 1. The maximum atomic E-state index is 12.6. The van der Waals surface area contributed by atoms with Gasteiger partial charge in [0.05, 0.1) is 18.4 Å². The second-order valence-corrected chi connectivity index (χ2v) is 9.02. The summed E-state index contributed by atoms with van der Waals surface area (Å²) >= 11 is 7.36. The second kappa shape index (κ2) is 9.40. The number of nitrogens with one attached hydrogen (secondary N) is 2. The molecule has 1 amide bonds. The topological polar surface area (TPSA) is 84.8 Å². The number of thioether (sulfide) groups is 1. The van der Waals surface area contributed by atoms with E-state index in [0.29, 0.717) is 27.3 Å². The van der Waals surface area contributed by atoms with Crippen LogP contribution in [0.3, 0.4) is 0 Å². The molecule has 0 bridgehead atoms. The summed E-state index contributed by atoms with van der Waals surface area (Å²) in [6.45, 7) is 3.02. The average Bonchev–Trinajstić information content (AvgIpc) is 3.45. The van der Waals surface area contributed by atoms with Crippen LogP contribution >= 0.6 is 23.4 Å². The number of aryl methyl sites for hydroxylation is 1. The Morgan fingerprint density at radius 1 is 1.12 bits per heavy atom. The molecule has 5 rings (SSSR count). The van der Waals surface area contributed by atoms with Crippen LogP contribution in [-0.4, -0.2) is 38.5 Å². The number of rotatable bonds is 7. The van der Waals surface area contributed by atoms with E-state index in [-0.39, 0.29) is 11.7 Å². The van der Waals surface area contributed by atoms with Crippen LogP contribution in [0.15, 0.2) is 65.8 Å². The number of hydrogen-bond acceptors (Lipinski definition) is 5. The van der Waals surface area contributed by atoms with E-state index in [1.807, 2.05) is 24.3 Å². The first-order chi connectivity index (χ1) is 16.6. The molecule has 3 aromatic carbocycles. The van der Waals surface area contributed by atoms with Crippen molar-refractivity contribution < 1.29 is 9.53 Å². The minimum absolute atomic E-state index is 0.129. The highest BCUT2D eigenvalue weighted by atomic mass is 35.5. The van der Waals surface area contributed by atoms with Crippen molar-refractivity contribution in [1.29, 1.82) is 0 Å². The first-order valence-corrected chi connectivity index (χ1v) is 12.1. The lowest BCUT2D eigenvalue weighted by molar-refractivity contribution is -0.113. The number of anilines is 1. The van der Waals surface area contributed by atoms with E-state index in [1.165, 1.54) is 22.7 Å². The lowest BCUT2D eigenvalue weighted by Crippen LogP contribution is -2.14. The average molecular weight is 492 g/mol. The maximum absolute atomic E-state index is 12.6. The monoisotopic (exact) mass is 491 g/mol. The van der Waals surface area contributed by atoms with Gasteiger partial charge in [0, 0.05) is 39.1 Å². The van der Waals surface area contributed by atoms with E-state index in [0.717, 1.165) is 23.1 Å². The third-order valence-corrected chi connectivity index (χ3v) is 6.67. The molecule has 172 valence electrons. The number of ether oxygens (including phenoxy) is 1. The first kappa shape index (κ1) is 22.3. The van der Waals surface area contributed by atoms with Crippen LogP contribution in [0.4, 0.5) is 5.69 Å². The first-order valence-electron chi connectivity index (χ1n) is 10.8. The van der Waals surface area contributed by atoms with Crippen molar-refractivity contribution in [3.05, 3.63) is 65.7 Å². The molecule has 2 aromatic heterocycles. The number of H-pyrrole nitrogens is 1. The van der Waals surface area contributed by atoms with Gasteiger partial charge in [0.1, 0.15) is 5.75 Å². The molecule has 0 fully saturated rings. The number of para-hydroxylation sites is 1. The molecular weight excluding hydrogens is 470 g/mol. The van der Waals surface area contributed by atoms with E-state index in [1.54, 1.807) is 25.3 Å². The third kappa shape index (κ3) is 4.22. The number of methoxy groups -OCH3 is 1. The Morgan fingerprint density at radius 2 is 1.94 bits per heavy atom. The largest absolute Gasteiger partial charge is 0.496 e. The summed E-state index contributed by atoms with van der Waals surface area (Å²) in [5.41, 5.74) is 3.81. The number of carbonyl (C=O) groups excluding carboxylic acids is 1. The van der Waals surface area contributed by atoms with Gasteiger partial charge in [-0.25, -0.2) is 4.98 Å². The summed E-state index contributed by atoms with van der Waals surface area (Å²) in [5, 5.41) is 13.4. The Balaban J connectivity index is 1.29. The van der Waals surface area contributed by atoms with Gasteiger partial charge in [-0.05, 0) is 49.4 Å². The number of carbonyl (C=O) groups is 1. The minimum atomic E-state index is -0.129. The standard InChI is InChI=1S/C25H22ClN5O2S/c1-3-31-20-7-5-4-6-17(20)18-13-16(9-10-21(18)31)27-23(32)14-34-25-28-24(29-30-25)19-12-15(26)8-11-22(19)33-2/h4-13H,3,14H2,1-2H3,(H,27,32)(H,28,29,30). The van der Waals surface area contributed by atoms with E-state index < -0.39 is 0 Å². The molecule has 5 aromatic rings. The van der Waals surface area contributed by atoms with Crippen LogP contribution in [0, 0.1) is 0 Å². The van der Waals surface area contributed by atoms with Gasteiger partial charge in [-0.15, -0.1) is 5.10 Å². The van der Waals surface area contributed by atoms with Crippen molar-refractivity contribution in [2.45, 2.75) is 18.6 Å². The van der Waals surface area contributed by atoms with Gasteiger partial charge in [0.15, 0.2) is 5.82 Å². The summed E-state index contributed by atoms with van der Waals surface area (Å²) in [6.07, 6.45) is 0. The number of aromatic amines is 1. The molecular formula is C25H22ClN5O2S. The van der Waals surface area contributed by atoms with Crippen LogP contribution in [0.25, 0.3) is 33.2 Å². The third-order valence-electron chi connectivity index (χ3n) is 5.59. The van der Waals surface area contributed by atoms with Gasteiger partial charge in [-0.3, -0.25) is 9.89 Å². The lowest BCUT2D eigenvalue weighted by Gasteiger charge is -2.06. The van der Waals surface area contributed by atoms with E-state index in [2.05, 4.69) is 50.2 Å². The van der Waals surface area contributed by atoms with E-state index >= 15 is 0 Å². The highest BCUT2D eigenvalue weighted by Gasteiger charge is 2.14. The zero-order valence-electron chi connectivity index (χ0n) is 18.6. The van der Waals surface area contributed by atoms with E-state index in [9.17, 15) is 4.79 Å². The number of fused-ring (bicyclic) bond motifs is 3. The second-order valence-electron chi connectivity index (χ2n) is 7.64. The summed E-state index contributed by atoms with van der Waals surface area (Å²) in [5.74, 6) is 1.21. The van der Waals surface area contributed by atoms with Crippen LogP contribution in [0.5, 0.6) is 5.75 Å². The maximum Gasteiger partial charge on any atom is 0.234 e. The molecule has 9 heteroatoms. The molecule has 0 aliphatic carbocycles. The molecule has 2 N–H and O–H groups in total. The van der Waals surface area contributed by atoms with E-state index in [4.69, 9.17) is 16.3 Å². The van der Waals surface area contributed by atoms with Gasteiger partial charge < -0.3 is 14.6 Å². The highest BCUT2D eigenvalue weighted by molar-refractivity contribution is 7.99. The molecule has 34 heavy (non-hydrogen) atoms. The molecule has 0 saturated carbocycles. The van der Waals surface area contributed by atoms with Crippen molar-refractivity contribution in [3.63, 3.8) is 0 Å². The summed E-state index contributed by atoms with van der Waals surface area (Å²) in [6, 6.07) is 19.6. The van der Waals surface area contributed by atoms with Crippen molar-refractivity contribution >= 4 is 56.8 Å². The van der Waals surface area contributed by atoms with Gasteiger partial charge >= 0.3 is 0 Å². The Bertz CT molecular complexity index is 1510. The van der Waals surface area contributed by atoms with Crippen LogP contribution in [0.2, 0.25) is 5.02 Å². The van der Waals surface area contributed by atoms with Crippen LogP contribution in [-0.2, 0) is 11.3 Å². The molecule has 0 radical (unpaired) electrons. The molecule has 0 saturated heterocycles. The van der Waals surface area contributed by atoms with Gasteiger partial charge in [-0.2, -0.15) is 0 Å². The lowest BCUT2D eigenvalue weighted by atomic mass is 10.1. The van der Waals surface area contributed by atoms with Crippen molar-refractivity contribution in [1.82, 2.24) is 19.7 Å². The summed E-state index contributed by atoms with van der Waals surface area (Å²) in [4.78, 5) is 17.1. The Hall–Kier alpha value is -3.49. The number of aromatic nitrogens is 4. The fourth-order valence-electron chi connectivity index (χ4n) is 4.10. The van der Waals surface area contributed by atoms with Gasteiger partial charge in [0.2, 0.25) is 11.1 Å². The predicted octanol–water partition coefficient (Wildman–Crippen LogP) is 5.99. The number of benzene rings is 3. The molecule has 2 heterocycles. The normalized spacial score (nSPS) is 11.3. The summed E-state index contributed by atoms with van der Waals surface area (Å²) in [7, 11) is 1.58. The fourth-order valence-corrected chi connectivity index (χ4v) is 4.87. The number of nitrogens with zero attached hydrogens (tertiary/aromatic N) is 3. The molecule has 0 unspecified atom stereocenters. The Kier molecular flexibility index (Phi) is 6.17. The molecule has 7 nitrogen and oxygen atoms in total. The highest BCUT2D eigenvalue weighted by Crippen LogP contribution is 2.32. The molecule has 0 spiro atoms. The zero-order chi connectivity index (χ0) is 23.7. The minimum Gasteiger partial charge on any atom is -0.496 e. The van der Waals surface area contributed by atoms with Crippen molar-refractivity contribution in [2.24, 2.45) is 0 Å². The smallest absolute Gasteiger partial charge is 0.234 e. The van der Waals surface area contributed by atoms with Gasteiger partial charge in [-0.1, -0.05) is 41.6 Å². The number of hydrogen-bond donors (Lipinski definition) is 2. The van der Waals surface area contributed by atoms with Gasteiger partial charge in [0.25, 0.3) is 0 Å². The Labute approximate surface area is 205 Å². The quantitative estimate of drug-likeness (QED) is 0.273. The van der Waals surface area contributed by atoms with Crippen molar-refractivity contribution in [2.75, 3.05) is 18.2 Å². The predicted molar refractivity (Wildman–Crippen MR) is 138 cm³/mol.